The van der Waals surface area contributed by atoms with Gasteiger partial charge in [-0.25, -0.2) is 0 Å². The van der Waals surface area contributed by atoms with Crippen molar-refractivity contribution in [2.75, 3.05) is 7.11 Å². The average Bonchev–Trinajstić information content (AvgIpc) is 2.69. The van der Waals surface area contributed by atoms with Gasteiger partial charge in [0.25, 0.3) is 0 Å². The Morgan fingerprint density at radius 3 is 2.43 bits per heavy atom. The summed E-state index contributed by atoms with van der Waals surface area (Å²) in [7, 11) is 1.74. The van der Waals surface area contributed by atoms with E-state index in [0.717, 1.165) is 30.7 Å². The van der Waals surface area contributed by atoms with Crippen LogP contribution in [0.25, 0.3) is 0 Å². The first-order valence-corrected chi connectivity index (χ1v) is 10.4. The fraction of sp³-hybridized carbons (Fsp3) is 0.458. The minimum absolute atomic E-state index is 0.146. The minimum Gasteiger partial charge on any atom is -0.496 e. The van der Waals surface area contributed by atoms with E-state index in [1.165, 1.54) is 24.8 Å². The van der Waals surface area contributed by atoms with Gasteiger partial charge in [0.2, 0.25) is 5.91 Å². The Labute approximate surface area is 167 Å². The van der Waals surface area contributed by atoms with Gasteiger partial charge in [0.05, 0.1) is 13.5 Å². The van der Waals surface area contributed by atoms with Crippen molar-refractivity contribution in [1.29, 1.82) is 0 Å². The predicted octanol–water partition coefficient (Wildman–Crippen LogP) is 3.94. The third-order valence-electron chi connectivity index (χ3n) is 6.24. The number of amides is 1. The molecule has 0 aromatic heterocycles. The summed E-state index contributed by atoms with van der Waals surface area (Å²) in [5.74, 6) is 1.12. The van der Waals surface area contributed by atoms with Crippen LogP contribution in [0, 0.1) is 0 Å². The molecule has 2 atom stereocenters. The number of nitrogens with one attached hydrogen (secondary N) is 1. The average molecular weight is 379 g/mol. The highest BCUT2D eigenvalue weighted by atomic mass is 16.5. The number of ether oxygens (including phenoxy) is 1. The fourth-order valence-electron chi connectivity index (χ4n) is 4.94. The zero-order valence-electron chi connectivity index (χ0n) is 16.6. The molecule has 0 saturated carbocycles. The molecule has 2 bridgehead atoms. The van der Waals surface area contributed by atoms with E-state index in [2.05, 4.69) is 22.3 Å². The van der Waals surface area contributed by atoms with Crippen LogP contribution in [-0.4, -0.2) is 36.0 Å². The fourth-order valence-corrected chi connectivity index (χ4v) is 4.94. The number of piperidine rings is 2. The molecule has 0 aliphatic carbocycles. The molecule has 1 N–H and O–H groups in total. The Hall–Kier alpha value is -2.33. The maximum atomic E-state index is 12.5. The number of carbonyl (C=O) groups is 1. The number of hydrogen-bond donors (Lipinski definition) is 1. The van der Waals surface area contributed by atoms with Gasteiger partial charge >= 0.3 is 0 Å². The number of rotatable bonds is 6. The summed E-state index contributed by atoms with van der Waals surface area (Å²) in [6.07, 6.45) is 6.30. The highest BCUT2D eigenvalue weighted by molar-refractivity contribution is 5.78. The standard InChI is InChI=1S/C24H30N2O2/c1-28-23-13-6-5-10-19(23)17-26-21-11-7-12-22(26)16-20(15-21)25-24(27)14-18-8-3-2-4-9-18/h2-6,8-10,13,20-22H,7,11-12,14-17H2,1H3,(H,25,27)/t21-,22-/m1/s1. The van der Waals surface area contributed by atoms with E-state index < -0.39 is 0 Å². The van der Waals surface area contributed by atoms with E-state index in [1.807, 2.05) is 42.5 Å². The second-order valence-corrected chi connectivity index (χ2v) is 8.12. The van der Waals surface area contributed by atoms with Crippen molar-refractivity contribution in [2.24, 2.45) is 0 Å². The molecule has 4 heteroatoms. The summed E-state index contributed by atoms with van der Waals surface area (Å²) in [4.78, 5) is 15.2. The molecule has 0 radical (unpaired) electrons. The second kappa shape index (κ2) is 8.78. The van der Waals surface area contributed by atoms with Crippen molar-refractivity contribution in [2.45, 2.75) is 63.2 Å². The van der Waals surface area contributed by atoms with E-state index in [-0.39, 0.29) is 5.91 Å². The summed E-state index contributed by atoms with van der Waals surface area (Å²) >= 11 is 0. The third-order valence-corrected chi connectivity index (χ3v) is 6.24. The molecular formula is C24H30N2O2. The van der Waals surface area contributed by atoms with Crippen LogP contribution in [-0.2, 0) is 17.8 Å². The summed E-state index contributed by atoms with van der Waals surface area (Å²) in [6.45, 7) is 0.935. The van der Waals surface area contributed by atoms with Crippen molar-refractivity contribution in [3.8, 4) is 5.75 Å². The van der Waals surface area contributed by atoms with Crippen molar-refractivity contribution >= 4 is 5.91 Å². The van der Waals surface area contributed by atoms with E-state index in [0.29, 0.717) is 24.5 Å². The molecule has 2 aliphatic heterocycles. The minimum atomic E-state index is 0.146. The summed E-state index contributed by atoms with van der Waals surface area (Å²) in [6, 6.07) is 19.7. The zero-order valence-corrected chi connectivity index (χ0v) is 16.6. The largest absolute Gasteiger partial charge is 0.496 e. The van der Waals surface area contributed by atoms with Crippen LogP contribution in [0.2, 0.25) is 0 Å². The van der Waals surface area contributed by atoms with Crippen molar-refractivity contribution in [3.05, 3.63) is 65.7 Å². The lowest BCUT2D eigenvalue weighted by Crippen LogP contribution is -2.56. The lowest BCUT2D eigenvalue weighted by Gasteiger charge is -2.49. The highest BCUT2D eigenvalue weighted by Gasteiger charge is 2.38. The Kier molecular flexibility index (Phi) is 5.96. The van der Waals surface area contributed by atoms with E-state index in [4.69, 9.17) is 4.74 Å². The number of nitrogens with zero attached hydrogens (tertiary/aromatic N) is 1. The van der Waals surface area contributed by atoms with Gasteiger partial charge in [-0.05, 0) is 37.3 Å². The molecule has 2 fully saturated rings. The number of benzene rings is 2. The van der Waals surface area contributed by atoms with Crippen molar-refractivity contribution in [3.63, 3.8) is 0 Å². The summed E-state index contributed by atoms with van der Waals surface area (Å²) < 4.78 is 5.56. The normalized spacial score (nSPS) is 24.5. The Bertz CT molecular complexity index is 778. The zero-order chi connectivity index (χ0) is 19.3. The molecule has 1 amide bonds. The molecule has 4 rings (SSSR count). The molecule has 2 heterocycles. The molecule has 2 aliphatic rings. The molecule has 0 unspecified atom stereocenters. The number of hydrogen-bond acceptors (Lipinski definition) is 3. The Morgan fingerprint density at radius 2 is 1.71 bits per heavy atom. The smallest absolute Gasteiger partial charge is 0.224 e. The maximum Gasteiger partial charge on any atom is 0.224 e. The lowest BCUT2D eigenvalue weighted by atomic mass is 9.81. The molecule has 4 nitrogen and oxygen atoms in total. The summed E-state index contributed by atoms with van der Waals surface area (Å²) in [5, 5.41) is 3.31. The molecular weight excluding hydrogens is 348 g/mol. The molecule has 2 aromatic carbocycles. The molecule has 28 heavy (non-hydrogen) atoms. The molecule has 2 saturated heterocycles. The Balaban J connectivity index is 1.38. The Morgan fingerprint density at radius 1 is 1.04 bits per heavy atom. The van der Waals surface area contributed by atoms with Crippen LogP contribution in [0.15, 0.2) is 54.6 Å². The first-order valence-electron chi connectivity index (χ1n) is 10.4. The third kappa shape index (κ3) is 4.39. The van der Waals surface area contributed by atoms with Gasteiger partial charge in [0.15, 0.2) is 0 Å². The van der Waals surface area contributed by atoms with Crippen molar-refractivity contribution < 1.29 is 9.53 Å². The van der Waals surface area contributed by atoms with Crippen LogP contribution < -0.4 is 10.1 Å². The van der Waals surface area contributed by atoms with E-state index in [1.54, 1.807) is 7.11 Å². The lowest BCUT2D eigenvalue weighted by molar-refractivity contribution is -0.122. The monoisotopic (exact) mass is 378 g/mol. The van der Waals surface area contributed by atoms with E-state index in [9.17, 15) is 4.79 Å². The number of para-hydroxylation sites is 1. The second-order valence-electron chi connectivity index (χ2n) is 8.12. The predicted molar refractivity (Wildman–Crippen MR) is 111 cm³/mol. The summed E-state index contributed by atoms with van der Waals surface area (Å²) in [5.41, 5.74) is 2.34. The molecule has 0 spiro atoms. The van der Waals surface area contributed by atoms with Crippen molar-refractivity contribution in [1.82, 2.24) is 10.2 Å². The van der Waals surface area contributed by atoms with Gasteiger partial charge < -0.3 is 10.1 Å². The van der Waals surface area contributed by atoms with Gasteiger partial charge in [-0.3, -0.25) is 9.69 Å². The molecule has 2 aromatic rings. The van der Waals surface area contributed by atoms with Gasteiger partial charge in [-0.1, -0.05) is 55.0 Å². The van der Waals surface area contributed by atoms with Gasteiger partial charge in [-0.2, -0.15) is 0 Å². The first kappa shape index (κ1) is 19.0. The first-order chi connectivity index (χ1) is 13.7. The van der Waals surface area contributed by atoms with Crippen LogP contribution in [0.5, 0.6) is 5.75 Å². The SMILES string of the molecule is COc1ccccc1CN1[C@@H]2CCC[C@@H]1CC(NC(=O)Cc1ccccc1)C2. The molecule has 148 valence electrons. The van der Waals surface area contributed by atoms with E-state index >= 15 is 0 Å². The van der Waals surface area contributed by atoms with Crippen LogP contribution >= 0.6 is 0 Å². The van der Waals surface area contributed by atoms with Gasteiger partial charge in [0, 0.05) is 30.2 Å². The number of fused-ring (bicyclic) bond motifs is 2. The number of carbonyl (C=O) groups excluding carboxylic acids is 1. The van der Waals surface area contributed by atoms with Gasteiger partial charge in [0.1, 0.15) is 5.75 Å². The highest BCUT2D eigenvalue weighted by Crippen LogP contribution is 2.36. The van der Waals surface area contributed by atoms with Gasteiger partial charge in [-0.15, -0.1) is 0 Å². The van der Waals surface area contributed by atoms with Crippen LogP contribution in [0.1, 0.15) is 43.2 Å². The topological polar surface area (TPSA) is 41.6 Å². The maximum absolute atomic E-state index is 12.5. The number of methoxy groups -OCH3 is 1. The van der Waals surface area contributed by atoms with Crippen LogP contribution in [0.4, 0.5) is 0 Å². The van der Waals surface area contributed by atoms with Crippen LogP contribution in [0.3, 0.4) is 0 Å². The quantitative estimate of drug-likeness (QED) is 0.828.